The summed E-state index contributed by atoms with van der Waals surface area (Å²) in [6.45, 7) is 1.70. The normalized spacial score (nSPS) is 10.8. The number of thiophene rings is 1. The molecule has 0 aliphatic rings. The zero-order valence-corrected chi connectivity index (χ0v) is 19.5. The average molecular weight is 496 g/mol. The van der Waals surface area contributed by atoms with Crippen molar-refractivity contribution in [3.8, 4) is 34.0 Å². The molecule has 1 aromatic carbocycles. The molecule has 3 aromatic heterocycles. The molecule has 0 bridgehead atoms. The second-order valence-electron chi connectivity index (χ2n) is 7.22. The molecule has 11 heteroatoms. The number of aromatic nitrogens is 3. The van der Waals surface area contributed by atoms with E-state index in [0.29, 0.717) is 21.5 Å². The number of hydrogen-bond donors (Lipinski definition) is 0. The van der Waals surface area contributed by atoms with Crippen molar-refractivity contribution >= 4 is 33.2 Å². The van der Waals surface area contributed by atoms with Crippen molar-refractivity contribution in [3.05, 3.63) is 73.4 Å². The van der Waals surface area contributed by atoms with Crippen molar-refractivity contribution in [2.24, 2.45) is 0 Å². The summed E-state index contributed by atoms with van der Waals surface area (Å²) >= 11 is 7.22. The van der Waals surface area contributed by atoms with Crippen LogP contribution < -0.4 is 16.0 Å². The topological polar surface area (TPSA) is 114 Å². The third-order valence-electron chi connectivity index (χ3n) is 5.32. The van der Waals surface area contributed by atoms with Crippen molar-refractivity contribution in [2.75, 3.05) is 7.11 Å². The van der Waals surface area contributed by atoms with Gasteiger partial charge in [-0.05, 0) is 30.7 Å². The van der Waals surface area contributed by atoms with Crippen molar-refractivity contribution in [1.29, 1.82) is 10.5 Å². The van der Waals surface area contributed by atoms with Gasteiger partial charge in [-0.25, -0.2) is 13.8 Å². The number of pyridine rings is 1. The van der Waals surface area contributed by atoms with Crippen LogP contribution in [0.2, 0.25) is 5.02 Å². The summed E-state index contributed by atoms with van der Waals surface area (Å²) in [6, 6.07) is 7.97. The highest BCUT2D eigenvalue weighted by atomic mass is 35.5. The lowest BCUT2D eigenvalue weighted by Crippen LogP contribution is -2.39. The highest BCUT2D eigenvalue weighted by Gasteiger charge is 2.21. The molecule has 0 N–H and O–H groups in total. The summed E-state index contributed by atoms with van der Waals surface area (Å²) < 4.78 is 21.7. The van der Waals surface area contributed by atoms with Crippen molar-refractivity contribution < 1.29 is 9.13 Å². The standard InChI is InChI=1S/C23H15ClFN5O3S/c1-12-15(24)10-28-11-18(12)30-22(31)21-17(29(23(30)32)5-3-4-26)8-20(34-21)14-7-19(33-2)16(25)6-13(14)9-27/h6-8,10-11H,3,5H2,1-2H3. The number of nitrogens with zero attached hydrogens (tertiary/aromatic N) is 5. The largest absolute Gasteiger partial charge is 0.494 e. The van der Waals surface area contributed by atoms with E-state index in [1.165, 1.54) is 30.1 Å². The lowest BCUT2D eigenvalue weighted by molar-refractivity contribution is 0.386. The van der Waals surface area contributed by atoms with E-state index in [9.17, 15) is 19.2 Å². The van der Waals surface area contributed by atoms with Gasteiger partial charge in [0.15, 0.2) is 11.6 Å². The molecule has 0 unspecified atom stereocenters. The third kappa shape index (κ3) is 3.73. The fourth-order valence-electron chi connectivity index (χ4n) is 3.59. The summed E-state index contributed by atoms with van der Waals surface area (Å²) in [4.78, 5) is 31.4. The average Bonchev–Trinajstić information content (AvgIpc) is 3.27. The summed E-state index contributed by atoms with van der Waals surface area (Å²) in [5, 5.41) is 18.9. The number of rotatable bonds is 5. The lowest BCUT2D eigenvalue weighted by Gasteiger charge is -2.13. The Morgan fingerprint density at radius 2 is 2.00 bits per heavy atom. The van der Waals surface area contributed by atoms with Crippen molar-refractivity contribution in [1.82, 2.24) is 14.1 Å². The predicted octanol–water partition coefficient (Wildman–Crippen LogP) is 4.17. The highest BCUT2D eigenvalue weighted by molar-refractivity contribution is 7.22. The maximum Gasteiger partial charge on any atom is 0.336 e. The molecule has 0 aliphatic heterocycles. The number of hydrogen-bond acceptors (Lipinski definition) is 7. The predicted molar refractivity (Wildman–Crippen MR) is 126 cm³/mol. The summed E-state index contributed by atoms with van der Waals surface area (Å²) in [5.41, 5.74) is 0.186. The molecule has 0 atom stereocenters. The zero-order valence-electron chi connectivity index (χ0n) is 17.9. The van der Waals surface area contributed by atoms with E-state index in [2.05, 4.69) is 4.98 Å². The second kappa shape index (κ2) is 9.10. The lowest BCUT2D eigenvalue weighted by atomic mass is 10.1. The minimum Gasteiger partial charge on any atom is -0.494 e. The Bertz CT molecular complexity index is 1660. The maximum atomic E-state index is 14.2. The van der Waals surface area contributed by atoms with Gasteiger partial charge in [0.05, 0.1) is 53.7 Å². The summed E-state index contributed by atoms with van der Waals surface area (Å²) in [5.74, 6) is -0.757. The van der Waals surface area contributed by atoms with Crippen LogP contribution in [0.5, 0.6) is 5.75 Å². The molecule has 0 aliphatic carbocycles. The van der Waals surface area contributed by atoms with Gasteiger partial charge in [-0.3, -0.25) is 14.3 Å². The first-order chi connectivity index (χ1) is 16.3. The van der Waals surface area contributed by atoms with Gasteiger partial charge in [0.25, 0.3) is 5.56 Å². The summed E-state index contributed by atoms with van der Waals surface area (Å²) in [7, 11) is 1.30. The number of benzene rings is 1. The Labute approximate surface area is 201 Å². The molecule has 0 radical (unpaired) electrons. The minimum absolute atomic E-state index is 0.0268. The smallest absolute Gasteiger partial charge is 0.336 e. The maximum absolute atomic E-state index is 14.2. The molecule has 4 rings (SSSR count). The van der Waals surface area contributed by atoms with Crippen LogP contribution in [0.15, 0.2) is 40.2 Å². The molecular weight excluding hydrogens is 481 g/mol. The monoisotopic (exact) mass is 495 g/mol. The minimum atomic E-state index is -0.693. The number of ether oxygens (including phenoxy) is 1. The number of aryl methyl sites for hydroxylation is 1. The van der Waals surface area contributed by atoms with E-state index in [1.54, 1.807) is 13.0 Å². The summed E-state index contributed by atoms with van der Waals surface area (Å²) in [6.07, 6.45) is 2.81. The molecule has 170 valence electrons. The second-order valence-corrected chi connectivity index (χ2v) is 8.68. The molecule has 0 saturated heterocycles. The van der Waals surface area contributed by atoms with Gasteiger partial charge in [0.1, 0.15) is 4.70 Å². The van der Waals surface area contributed by atoms with Crippen LogP contribution in [0.25, 0.3) is 26.3 Å². The van der Waals surface area contributed by atoms with Crippen LogP contribution in [0, 0.1) is 35.4 Å². The Balaban J connectivity index is 2.09. The molecule has 0 spiro atoms. The third-order valence-corrected chi connectivity index (χ3v) is 6.84. The van der Waals surface area contributed by atoms with E-state index in [4.69, 9.17) is 21.6 Å². The van der Waals surface area contributed by atoms with E-state index < -0.39 is 17.1 Å². The first kappa shape index (κ1) is 23.2. The Kier molecular flexibility index (Phi) is 6.20. The zero-order chi connectivity index (χ0) is 24.6. The molecule has 0 saturated carbocycles. The van der Waals surface area contributed by atoms with Crippen LogP contribution in [-0.2, 0) is 6.54 Å². The van der Waals surface area contributed by atoms with Crippen LogP contribution in [0.4, 0.5) is 4.39 Å². The molecule has 0 fully saturated rings. The van der Waals surface area contributed by atoms with Gasteiger partial charge in [-0.15, -0.1) is 11.3 Å². The highest BCUT2D eigenvalue weighted by Crippen LogP contribution is 2.36. The molecule has 8 nitrogen and oxygen atoms in total. The Morgan fingerprint density at radius 3 is 2.68 bits per heavy atom. The van der Waals surface area contributed by atoms with Gasteiger partial charge >= 0.3 is 5.69 Å². The number of methoxy groups -OCH3 is 1. The van der Waals surface area contributed by atoms with Gasteiger partial charge in [-0.2, -0.15) is 10.5 Å². The van der Waals surface area contributed by atoms with Crippen LogP contribution in [-0.4, -0.2) is 21.2 Å². The Hall–Kier alpha value is -3.99. The first-order valence-corrected chi connectivity index (χ1v) is 11.1. The SMILES string of the molecule is COc1cc(-c2cc3c(s2)c(=O)n(-c2cncc(Cl)c2C)c(=O)n3CCC#N)c(C#N)cc1F. The number of fused-ring (bicyclic) bond motifs is 1. The van der Waals surface area contributed by atoms with Gasteiger partial charge in [0, 0.05) is 23.2 Å². The van der Waals surface area contributed by atoms with Crippen LogP contribution in [0.3, 0.4) is 0 Å². The number of halogens is 2. The van der Waals surface area contributed by atoms with E-state index in [1.807, 2.05) is 12.1 Å². The van der Waals surface area contributed by atoms with Gasteiger partial charge in [0.2, 0.25) is 0 Å². The van der Waals surface area contributed by atoms with Crippen LogP contribution in [0.1, 0.15) is 17.5 Å². The molecule has 34 heavy (non-hydrogen) atoms. The number of nitriles is 2. The van der Waals surface area contributed by atoms with Crippen molar-refractivity contribution in [3.63, 3.8) is 0 Å². The van der Waals surface area contributed by atoms with Crippen molar-refractivity contribution in [2.45, 2.75) is 19.9 Å². The van der Waals surface area contributed by atoms with E-state index in [0.717, 1.165) is 22.0 Å². The quantitative estimate of drug-likeness (QED) is 0.410. The fraction of sp³-hybridized carbons (Fsp3) is 0.174. The van der Waals surface area contributed by atoms with E-state index >= 15 is 0 Å². The molecule has 3 heterocycles. The molecule has 4 aromatic rings. The van der Waals surface area contributed by atoms with E-state index in [-0.39, 0.29) is 39.7 Å². The molecule has 0 amide bonds. The van der Waals surface area contributed by atoms with Gasteiger partial charge < -0.3 is 4.74 Å². The van der Waals surface area contributed by atoms with Crippen LogP contribution >= 0.6 is 22.9 Å². The fourth-order valence-corrected chi connectivity index (χ4v) is 4.87. The Morgan fingerprint density at radius 1 is 1.24 bits per heavy atom. The molecular formula is C23H15ClFN5O3S. The first-order valence-electron chi connectivity index (χ1n) is 9.87. The van der Waals surface area contributed by atoms with Gasteiger partial charge in [-0.1, -0.05) is 11.6 Å².